The first kappa shape index (κ1) is 17.1. The van der Waals surface area contributed by atoms with E-state index in [0.29, 0.717) is 22.2 Å². The molecule has 128 valence electrons. The summed E-state index contributed by atoms with van der Waals surface area (Å²) in [6.45, 7) is 5.12. The zero-order valence-electron chi connectivity index (χ0n) is 13.8. The third-order valence-corrected chi connectivity index (χ3v) is 5.19. The van der Waals surface area contributed by atoms with Crippen LogP contribution in [0.25, 0.3) is 0 Å². The number of rotatable bonds is 3. The fourth-order valence-corrected chi connectivity index (χ4v) is 3.78. The Balaban J connectivity index is 1.51. The maximum atomic E-state index is 12.4. The van der Waals surface area contributed by atoms with E-state index in [1.54, 1.807) is 18.2 Å². The van der Waals surface area contributed by atoms with Crippen molar-refractivity contribution in [1.82, 2.24) is 9.80 Å². The van der Waals surface area contributed by atoms with Crippen molar-refractivity contribution < 1.29 is 4.79 Å². The minimum absolute atomic E-state index is 0.0862. The van der Waals surface area contributed by atoms with E-state index < -0.39 is 0 Å². The Kier molecular flexibility index (Phi) is 5.60. The van der Waals surface area contributed by atoms with Crippen LogP contribution in [0.3, 0.4) is 0 Å². The van der Waals surface area contributed by atoms with Crippen molar-refractivity contribution in [1.29, 1.82) is 5.26 Å². The maximum absolute atomic E-state index is 12.4. The van der Waals surface area contributed by atoms with Gasteiger partial charge in [-0.25, -0.2) is 4.79 Å². The first-order valence-electron chi connectivity index (χ1n) is 8.63. The fraction of sp³-hybridized carbons (Fsp3) is 0.556. The number of benzene rings is 1. The van der Waals surface area contributed by atoms with E-state index in [9.17, 15) is 4.79 Å². The molecule has 1 aromatic rings. The summed E-state index contributed by atoms with van der Waals surface area (Å²) in [5.41, 5.74) is 1.04. The van der Waals surface area contributed by atoms with Gasteiger partial charge in [0.05, 0.1) is 10.6 Å². The Labute approximate surface area is 148 Å². The Bertz CT molecular complexity index is 636. The highest BCUT2D eigenvalue weighted by Crippen LogP contribution is 2.23. The van der Waals surface area contributed by atoms with Crippen LogP contribution in [-0.2, 0) is 0 Å². The van der Waals surface area contributed by atoms with Crippen LogP contribution >= 0.6 is 11.6 Å². The lowest BCUT2D eigenvalue weighted by atomic mass is 10.1. The molecule has 1 aromatic carbocycles. The number of nitrogens with zero attached hydrogens (tertiary/aromatic N) is 3. The lowest BCUT2D eigenvalue weighted by molar-refractivity contribution is 0.192. The number of amides is 2. The molecule has 0 aliphatic carbocycles. The van der Waals surface area contributed by atoms with Gasteiger partial charge in [-0.2, -0.15) is 5.26 Å². The highest BCUT2D eigenvalue weighted by atomic mass is 35.5. The van der Waals surface area contributed by atoms with Gasteiger partial charge in [-0.15, -0.1) is 0 Å². The lowest BCUT2D eigenvalue weighted by Crippen LogP contribution is -2.37. The number of carbonyl (C=O) groups excluding carboxylic acids is 1. The number of halogens is 1. The van der Waals surface area contributed by atoms with Gasteiger partial charge in [-0.3, -0.25) is 0 Å². The minimum Gasteiger partial charge on any atom is -0.324 e. The molecule has 2 heterocycles. The monoisotopic (exact) mass is 346 g/mol. The molecule has 2 fully saturated rings. The first-order chi connectivity index (χ1) is 11.7. The Morgan fingerprint density at radius 2 is 2.08 bits per heavy atom. The van der Waals surface area contributed by atoms with Crippen LogP contribution in [0.15, 0.2) is 18.2 Å². The molecule has 2 amide bonds. The van der Waals surface area contributed by atoms with Crippen LogP contribution in [0.2, 0.25) is 5.02 Å². The third kappa shape index (κ3) is 4.19. The van der Waals surface area contributed by atoms with E-state index in [1.807, 2.05) is 11.0 Å². The van der Waals surface area contributed by atoms with Gasteiger partial charge >= 0.3 is 6.03 Å². The number of piperidine rings is 1. The van der Waals surface area contributed by atoms with E-state index in [4.69, 9.17) is 16.9 Å². The van der Waals surface area contributed by atoms with Gasteiger partial charge in [0.15, 0.2) is 0 Å². The van der Waals surface area contributed by atoms with E-state index in [0.717, 1.165) is 26.1 Å². The topological polar surface area (TPSA) is 59.4 Å². The molecule has 2 aliphatic heterocycles. The fourth-order valence-electron chi connectivity index (χ4n) is 3.56. The molecule has 3 rings (SSSR count). The molecule has 0 aromatic heterocycles. The Hall–Kier alpha value is -1.77. The number of nitrogens with one attached hydrogen (secondary N) is 1. The smallest absolute Gasteiger partial charge is 0.321 e. The van der Waals surface area contributed by atoms with Crippen LogP contribution in [0.5, 0.6) is 0 Å². The van der Waals surface area contributed by atoms with Crippen LogP contribution in [-0.4, -0.2) is 48.6 Å². The average Bonchev–Trinajstić information content (AvgIpc) is 3.04. The largest absolute Gasteiger partial charge is 0.324 e. The molecule has 2 saturated heterocycles. The summed E-state index contributed by atoms with van der Waals surface area (Å²) in [6.07, 6.45) is 5.02. The summed E-state index contributed by atoms with van der Waals surface area (Å²) in [7, 11) is 0. The molecule has 0 unspecified atom stereocenters. The standard InChI is InChI=1S/C18H23ClN4O/c19-17-10-16(5-4-15(17)11-20)21-18(24)23-9-6-14(13-23)12-22-7-2-1-3-8-22/h4-5,10,14H,1-3,6-9,12-13H2,(H,21,24)/t14-/m1/s1. The number of anilines is 1. The van der Waals surface area contributed by atoms with Crippen molar-refractivity contribution in [2.24, 2.45) is 5.92 Å². The van der Waals surface area contributed by atoms with Crippen molar-refractivity contribution in [2.45, 2.75) is 25.7 Å². The molecule has 24 heavy (non-hydrogen) atoms. The molecular formula is C18H23ClN4O. The number of hydrogen-bond donors (Lipinski definition) is 1. The highest BCUT2D eigenvalue weighted by Gasteiger charge is 2.28. The van der Waals surface area contributed by atoms with Crippen molar-refractivity contribution in [3.63, 3.8) is 0 Å². The third-order valence-electron chi connectivity index (χ3n) is 4.88. The van der Waals surface area contributed by atoms with Gasteiger partial charge in [0.25, 0.3) is 0 Å². The van der Waals surface area contributed by atoms with Gasteiger partial charge in [0, 0.05) is 25.3 Å². The van der Waals surface area contributed by atoms with E-state index in [-0.39, 0.29) is 6.03 Å². The Morgan fingerprint density at radius 1 is 1.29 bits per heavy atom. The highest BCUT2D eigenvalue weighted by molar-refractivity contribution is 6.32. The normalized spacial score (nSPS) is 21.5. The van der Waals surface area contributed by atoms with Crippen LogP contribution in [0, 0.1) is 17.2 Å². The van der Waals surface area contributed by atoms with E-state index in [2.05, 4.69) is 10.2 Å². The molecule has 0 bridgehead atoms. The number of carbonyl (C=O) groups is 1. The summed E-state index contributed by atoms with van der Waals surface area (Å²) < 4.78 is 0. The van der Waals surface area contributed by atoms with Crippen molar-refractivity contribution >= 4 is 23.3 Å². The van der Waals surface area contributed by atoms with Crippen molar-refractivity contribution in [2.75, 3.05) is 38.0 Å². The molecule has 0 saturated carbocycles. The molecule has 5 nitrogen and oxygen atoms in total. The zero-order valence-corrected chi connectivity index (χ0v) is 14.6. The number of nitriles is 1. The summed E-state index contributed by atoms with van der Waals surface area (Å²) in [4.78, 5) is 16.8. The average molecular weight is 347 g/mol. The predicted octanol–water partition coefficient (Wildman–Crippen LogP) is 3.55. The second-order valence-electron chi connectivity index (χ2n) is 6.70. The molecule has 6 heteroatoms. The SMILES string of the molecule is N#Cc1ccc(NC(=O)N2CC[C@H](CN3CCCCC3)C2)cc1Cl. The van der Waals surface area contributed by atoms with E-state index >= 15 is 0 Å². The number of likely N-dealkylation sites (tertiary alicyclic amines) is 2. The molecular weight excluding hydrogens is 324 g/mol. The van der Waals surface area contributed by atoms with Gasteiger partial charge < -0.3 is 15.1 Å². The predicted molar refractivity (Wildman–Crippen MR) is 95.2 cm³/mol. The first-order valence-corrected chi connectivity index (χ1v) is 9.01. The van der Waals surface area contributed by atoms with Crippen LogP contribution < -0.4 is 5.32 Å². The van der Waals surface area contributed by atoms with Crippen LogP contribution in [0.4, 0.5) is 10.5 Å². The van der Waals surface area contributed by atoms with Gasteiger partial charge in [-0.1, -0.05) is 18.0 Å². The second kappa shape index (κ2) is 7.87. The van der Waals surface area contributed by atoms with Crippen molar-refractivity contribution in [3.05, 3.63) is 28.8 Å². The number of urea groups is 1. The van der Waals surface area contributed by atoms with Crippen LogP contribution in [0.1, 0.15) is 31.2 Å². The van der Waals surface area contributed by atoms with Gasteiger partial charge in [-0.05, 0) is 56.5 Å². The summed E-state index contributed by atoms with van der Waals surface area (Å²) >= 11 is 6.01. The molecule has 0 spiro atoms. The number of hydrogen-bond acceptors (Lipinski definition) is 3. The summed E-state index contributed by atoms with van der Waals surface area (Å²) in [6, 6.07) is 6.89. The second-order valence-corrected chi connectivity index (χ2v) is 7.11. The Morgan fingerprint density at radius 3 is 2.79 bits per heavy atom. The summed E-state index contributed by atoms with van der Waals surface area (Å²) in [5.74, 6) is 0.568. The molecule has 0 radical (unpaired) electrons. The molecule has 1 N–H and O–H groups in total. The lowest BCUT2D eigenvalue weighted by Gasteiger charge is -2.29. The van der Waals surface area contributed by atoms with E-state index in [1.165, 1.54) is 32.4 Å². The zero-order chi connectivity index (χ0) is 16.9. The molecule has 2 aliphatic rings. The van der Waals surface area contributed by atoms with Crippen molar-refractivity contribution in [3.8, 4) is 6.07 Å². The maximum Gasteiger partial charge on any atom is 0.321 e. The summed E-state index contributed by atoms with van der Waals surface area (Å²) in [5, 5.41) is 12.1. The minimum atomic E-state index is -0.0862. The van der Waals surface area contributed by atoms with Gasteiger partial charge in [0.1, 0.15) is 6.07 Å². The molecule has 1 atom stereocenters. The van der Waals surface area contributed by atoms with Gasteiger partial charge in [0.2, 0.25) is 0 Å². The quantitative estimate of drug-likeness (QED) is 0.910.